The minimum Gasteiger partial charge on any atom is -0.465 e. The number of benzene rings is 3. The Balaban J connectivity index is 1.80. The van der Waals surface area contributed by atoms with E-state index < -0.39 is 48.8 Å². The second kappa shape index (κ2) is 12.1. The zero-order chi connectivity index (χ0) is 38.5. The predicted octanol–water partition coefficient (Wildman–Crippen LogP) is 4.81. The van der Waals surface area contributed by atoms with Crippen LogP contribution in [0.2, 0.25) is 0 Å². The molecule has 3 aromatic rings. The van der Waals surface area contributed by atoms with Gasteiger partial charge >= 0.3 is 5.97 Å². The van der Waals surface area contributed by atoms with Gasteiger partial charge in [0, 0.05) is 54.6 Å². The maximum absolute atomic E-state index is 13.6. The van der Waals surface area contributed by atoms with Gasteiger partial charge in [0.05, 0.1) is 29.8 Å². The first-order valence-electron chi connectivity index (χ1n) is 16.8. The maximum atomic E-state index is 13.6. The van der Waals surface area contributed by atoms with E-state index in [4.69, 9.17) is 9.47 Å². The van der Waals surface area contributed by atoms with E-state index >= 15 is 0 Å². The number of hydrogen-bond acceptors (Lipinski definition) is 8. The van der Waals surface area contributed by atoms with Crippen LogP contribution in [-0.4, -0.2) is 75.7 Å². The normalized spacial score (nSPS) is 17.6. The molecule has 0 saturated heterocycles. The summed E-state index contributed by atoms with van der Waals surface area (Å²) in [6, 6.07) is 12.9. The molecular weight excluding hydrogens is 705 g/mol. The number of anilines is 1. The Morgan fingerprint density at radius 3 is 2.04 bits per heavy atom. The van der Waals surface area contributed by atoms with Crippen LogP contribution in [-0.2, 0) is 30.4 Å². The van der Waals surface area contributed by atoms with Crippen molar-refractivity contribution < 1.29 is 40.2 Å². The molecule has 2 N–H and O–H groups in total. The summed E-state index contributed by atoms with van der Waals surface area (Å²) in [4.78, 5) is 15.6. The predicted molar refractivity (Wildman–Crippen MR) is 203 cm³/mol. The van der Waals surface area contributed by atoms with E-state index in [1.807, 2.05) is 121 Å². The number of carbonyl (C=O) groups is 1. The van der Waals surface area contributed by atoms with Gasteiger partial charge in [0.25, 0.3) is 20.2 Å². The molecule has 11 nitrogen and oxygen atoms in total. The van der Waals surface area contributed by atoms with Crippen LogP contribution in [0.25, 0.3) is 16.7 Å². The summed E-state index contributed by atoms with van der Waals surface area (Å²) in [6.07, 6.45) is 3.62. The average Bonchev–Trinajstić information content (AvgIpc) is 3.01. The van der Waals surface area contributed by atoms with Gasteiger partial charge in [-0.3, -0.25) is 9.11 Å². The van der Waals surface area contributed by atoms with Crippen molar-refractivity contribution in [1.29, 1.82) is 0 Å². The Morgan fingerprint density at radius 2 is 1.46 bits per heavy atom. The highest BCUT2D eigenvalue weighted by atomic mass is 32.2. The Labute approximate surface area is 305 Å². The van der Waals surface area contributed by atoms with Crippen molar-refractivity contribution in [2.24, 2.45) is 0 Å². The third-order valence-corrected chi connectivity index (χ3v) is 11.7. The van der Waals surface area contributed by atoms with Gasteiger partial charge < -0.3 is 14.4 Å². The van der Waals surface area contributed by atoms with Crippen LogP contribution in [0, 0.1) is 0 Å². The number of ether oxygens (including phenoxy) is 2. The van der Waals surface area contributed by atoms with Crippen molar-refractivity contribution in [2.45, 2.75) is 65.0 Å². The summed E-state index contributed by atoms with van der Waals surface area (Å²) in [5, 5.41) is 1.22. The standard InChI is InChI=1S/C39H44N2O9S2/c1-37(2,3)24-11-12-25(28(13-24)36(42)49-10)35-29-14-26-22(20-51(43,44)45)18-38(4,5)40(8)31(26)16-33(29)50-34-17-32-27(15-30(34)35)23(21-52(46,47)48)19-39(6,7)41(32)9/h11-19H,20-21H2,1-10H3,(H-,43,44,45,46,47,48)/p+1. The van der Waals surface area contributed by atoms with E-state index in [0.717, 1.165) is 5.56 Å². The van der Waals surface area contributed by atoms with Crippen LogP contribution >= 0.6 is 0 Å². The summed E-state index contributed by atoms with van der Waals surface area (Å²) in [5.74, 6) is -0.912. The van der Waals surface area contributed by atoms with Crippen molar-refractivity contribution in [2.75, 3.05) is 37.6 Å². The van der Waals surface area contributed by atoms with E-state index in [1.54, 1.807) is 6.07 Å². The molecule has 13 heteroatoms. The molecule has 0 radical (unpaired) electrons. The fourth-order valence-corrected chi connectivity index (χ4v) is 8.55. The number of likely N-dealkylation sites (N-methyl/N-ethyl adjacent to an activating group) is 2. The third kappa shape index (κ3) is 6.70. The van der Waals surface area contributed by atoms with Crippen LogP contribution in [0.15, 0.2) is 54.6 Å². The molecule has 0 atom stereocenters. The van der Waals surface area contributed by atoms with E-state index in [1.165, 1.54) is 7.11 Å². The van der Waals surface area contributed by atoms with Gasteiger partial charge in [-0.25, -0.2) is 9.37 Å². The molecule has 3 aliphatic heterocycles. The summed E-state index contributed by atoms with van der Waals surface area (Å²) in [7, 11) is -3.75. The highest BCUT2D eigenvalue weighted by molar-refractivity contribution is 7.86. The van der Waals surface area contributed by atoms with Gasteiger partial charge in [0.1, 0.15) is 30.1 Å². The fourth-order valence-electron chi connectivity index (χ4n) is 7.28. The maximum Gasteiger partial charge on any atom is 0.338 e. The third-order valence-electron chi connectivity index (χ3n) is 10.4. The van der Waals surface area contributed by atoms with Gasteiger partial charge in [0.15, 0.2) is 5.54 Å². The van der Waals surface area contributed by atoms with E-state index in [0.29, 0.717) is 66.7 Å². The molecular formula is C39H45N2O9S2+. The monoisotopic (exact) mass is 749 g/mol. The molecule has 0 bridgehead atoms. The second-order valence-corrected chi connectivity index (χ2v) is 18.8. The number of rotatable bonds is 6. The molecule has 0 aliphatic carbocycles. The average molecular weight is 750 g/mol. The largest absolute Gasteiger partial charge is 0.465 e. The summed E-state index contributed by atoms with van der Waals surface area (Å²) in [5.41, 5.74) is 3.85. The van der Waals surface area contributed by atoms with Gasteiger partial charge in [-0.1, -0.05) is 39.0 Å². The van der Waals surface area contributed by atoms with E-state index in [-0.39, 0.29) is 11.0 Å². The zero-order valence-electron chi connectivity index (χ0n) is 31.1. The molecule has 3 heterocycles. The van der Waals surface area contributed by atoms with Gasteiger partial charge in [0.2, 0.25) is 5.36 Å². The quantitative estimate of drug-likeness (QED) is 0.160. The van der Waals surface area contributed by atoms with Crippen LogP contribution in [0.4, 0.5) is 5.69 Å². The number of esters is 1. The summed E-state index contributed by atoms with van der Waals surface area (Å²) < 4.78 is 83.2. The van der Waals surface area contributed by atoms with Gasteiger partial charge in [-0.05, 0) is 65.8 Å². The lowest BCUT2D eigenvalue weighted by atomic mass is 9.81. The lowest BCUT2D eigenvalue weighted by Crippen LogP contribution is -2.47. The van der Waals surface area contributed by atoms with Crippen LogP contribution in [0.5, 0.6) is 11.5 Å². The van der Waals surface area contributed by atoms with Crippen molar-refractivity contribution >= 4 is 48.6 Å². The topological polar surface area (TPSA) is 151 Å². The number of fused-ring (bicyclic) bond motifs is 4. The smallest absolute Gasteiger partial charge is 0.338 e. The fraction of sp³-hybridized carbons (Fsp3) is 0.385. The number of methoxy groups -OCH3 is 1. The Bertz CT molecular complexity index is 2500. The number of nitrogens with zero attached hydrogens (tertiary/aromatic N) is 2. The van der Waals surface area contributed by atoms with Crippen molar-refractivity contribution in [1.82, 2.24) is 4.58 Å². The molecule has 6 rings (SSSR count). The van der Waals surface area contributed by atoms with Gasteiger partial charge in [-0.15, -0.1) is 0 Å². The van der Waals surface area contributed by atoms with Gasteiger partial charge in [-0.2, -0.15) is 16.8 Å². The first-order valence-corrected chi connectivity index (χ1v) is 20.0. The number of carbonyl (C=O) groups excluding carboxylic acids is 1. The summed E-state index contributed by atoms with van der Waals surface area (Å²) >= 11 is 0. The van der Waals surface area contributed by atoms with Crippen molar-refractivity contribution in [3.05, 3.63) is 98.6 Å². The lowest BCUT2D eigenvalue weighted by Gasteiger charge is -2.41. The molecule has 0 spiro atoms. The van der Waals surface area contributed by atoms with Crippen molar-refractivity contribution in [3.63, 3.8) is 0 Å². The Morgan fingerprint density at radius 1 is 0.846 bits per heavy atom. The SMILES string of the molecule is COC(=O)c1cc(C(C)(C)C)ccc1C1=c2cc3c(cc2Oc2cc4c(cc21)C(CS(=O)(=O)O)=CC(C)(C)N4C)=[N+](C)C(C)(C)C=C3CS(=O)(=O)O. The van der Waals surface area contributed by atoms with E-state index in [9.17, 15) is 30.7 Å². The van der Waals surface area contributed by atoms with Crippen molar-refractivity contribution in [3.8, 4) is 11.5 Å². The first kappa shape index (κ1) is 37.5. The minimum absolute atomic E-state index is 0.290. The molecule has 276 valence electrons. The Hall–Kier alpha value is -4.30. The molecule has 0 aromatic heterocycles. The van der Waals surface area contributed by atoms with Crippen LogP contribution in [0.1, 0.15) is 86.6 Å². The zero-order valence-corrected chi connectivity index (χ0v) is 32.7. The molecule has 0 amide bonds. The number of hydrogen-bond donors (Lipinski definition) is 2. The van der Waals surface area contributed by atoms with Crippen LogP contribution < -0.4 is 24.8 Å². The van der Waals surface area contributed by atoms with E-state index in [2.05, 4.69) is 0 Å². The second-order valence-electron chi connectivity index (χ2n) is 15.9. The van der Waals surface area contributed by atoms with Crippen LogP contribution in [0.3, 0.4) is 0 Å². The highest BCUT2D eigenvalue weighted by Gasteiger charge is 2.37. The summed E-state index contributed by atoms with van der Waals surface area (Å²) in [6.45, 7) is 13.9. The minimum atomic E-state index is -4.42. The molecule has 0 fully saturated rings. The Kier molecular flexibility index (Phi) is 8.73. The first-order chi connectivity index (χ1) is 23.8. The molecule has 52 heavy (non-hydrogen) atoms. The molecule has 3 aliphatic rings. The lowest BCUT2D eigenvalue weighted by molar-refractivity contribution is 0.0600. The highest BCUT2D eigenvalue weighted by Crippen LogP contribution is 2.47. The molecule has 3 aromatic carbocycles. The molecule has 0 unspecified atom stereocenters. The molecule has 0 saturated carbocycles.